The highest BCUT2D eigenvalue weighted by Crippen LogP contribution is 2.28. The van der Waals surface area contributed by atoms with Gasteiger partial charge in [0.1, 0.15) is 10.7 Å². The Labute approximate surface area is 182 Å². The highest BCUT2D eigenvalue weighted by atomic mass is 32.2. The second-order valence-corrected chi connectivity index (χ2v) is 10.0. The van der Waals surface area contributed by atoms with Gasteiger partial charge in [-0.1, -0.05) is 12.1 Å². The first-order valence-electron chi connectivity index (χ1n) is 9.60. The van der Waals surface area contributed by atoms with Crippen LogP contribution in [0.4, 0.5) is 10.1 Å². The van der Waals surface area contributed by atoms with Gasteiger partial charge in [-0.25, -0.2) is 17.6 Å². The molecular formula is C21H19FN2O5S2. The van der Waals surface area contributed by atoms with Crippen LogP contribution < -0.4 is 5.32 Å². The number of esters is 1. The molecule has 1 N–H and O–H groups in total. The second kappa shape index (κ2) is 8.74. The average molecular weight is 463 g/mol. The van der Waals surface area contributed by atoms with Crippen molar-refractivity contribution in [1.82, 2.24) is 4.31 Å². The van der Waals surface area contributed by atoms with E-state index in [0.29, 0.717) is 23.2 Å². The lowest BCUT2D eigenvalue weighted by atomic mass is 10.2. The lowest BCUT2D eigenvalue weighted by molar-refractivity contribution is -0.119. The highest BCUT2D eigenvalue weighted by molar-refractivity contribution is 7.89. The van der Waals surface area contributed by atoms with Gasteiger partial charge in [-0.15, -0.1) is 11.3 Å². The molecule has 0 unspecified atom stereocenters. The number of hydrogen-bond donors (Lipinski definition) is 1. The van der Waals surface area contributed by atoms with Crippen molar-refractivity contribution in [2.24, 2.45) is 0 Å². The molecule has 3 aromatic rings. The van der Waals surface area contributed by atoms with Crippen LogP contribution in [0.5, 0.6) is 0 Å². The number of thiophene rings is 1. The number of benzene rings is 2. The first kappa shape index (κ1) is 21.4. The molecule has 0 spiro atoms. The fourth-order valence-electron chi connectivity index (χ4n) is 3.34. The van der Waals surface area contributed by atoms with Crippen LogP contribution in [0.3, 0.4) is 0 Å². The van der Waals surface area contributed by atoms with Crippen LogP contribution in [0.15, 0.2) is 53.4 Å². The number of nitrogens with zero attached hydrogens (tertiary/aromatic N) is 1. The number of sulfonamides is 1. The molecule has 1 aliphatic rings. The third kappa shape index (κ3) is 4.60. The largest absolute Gasteiger partial charge is 0.451 e. The Balaban J connectivity index is 1.38. The van der Waals surface area contributed by atoms with Gasteiger partial charge in [0.2, 0.25) is 10.0 Å². The number of rotatable bonds is 6. The molecule has 162 valence electrons. The molecule has 4 rings (SSSR count). The van der Waals surface area contributed by atoms with E-state index in [1.54, 1.807) is 18.2 Å². The van der Waals surface area contributed by atoms with Crippen molar-refractivity contribution < 1.29 is 27.1 Å². The molecule has 1 aliphatic heterocycles. The summed E-state index contributed by atoms with van der Waals surface area (Å²) in [4.78, 5) is 24.7. The molecular weight excluding hydrogens is 443 g/mol. The van der Waals surface area contributed by atoms with E-state index in [1.165, 1.54) is 34.6 Å². The molecule has 10 heteroatoms. The summed E-state index contributed by atoms with van der Waals surface area (Å²) in [7, 11) is -3.61. The maximum absolute atomic E-state index is 13.8. The van der Waals surface area contributed by atoms with Crippen LogP contribution in [0.1, 0.15) is 22.5 Å². The minimum atomic E-state index is -3.61. The lowest BCUT2D eigenvalue weighted by Crippen LogP contribution is -2.28. The normalized spacial score (nSPS) is 14.6. The number of amides is 1. The molecule has 2 aromatic carbocycles. The van der Waals surface area contributed by atoms with Crippen LogP contribution in [0, 0.1) is 5.82 Å². The molecule has 7 nitrogen and oxygen atoms in total. The number of halogens is 1. The smallest absolute Gasteiger partial charge is 0.348 e. The molecule has 0 aliphatic carbocycles. The minimum Gasteiger partial charge on any atom is -0.451 e. The number of carbonyl (C=O) groups is 2. The molecule has 1 saturated heterocycles. The Morgan fingerprint density at radius 2 is 1.84 bits per heavy atom. The quantitative estimate of drug-likeness (QED) is 0.565. The van der Waals surface area contributed by atoms with E-state index in [9.17, 15) is 22.4 Å². The average Bonchev–Trinajstić information content (AvgIpc) is 3.43. The molecule has 0 saturated carbocycles. The number of fused-ring (bicyclic) bond motifs is 1. The summed E-state index contributed by atoms with van der Waals surface area (Å²) in [5, 5.41) is 2.85. The summed E-state index contributed by atoms with van der Waals surface area (Å²) in [5.41, 5.74) is 0.283. The van der Waals surface area contributed by atoms with Gasteiger partial charge in [-0.05, 0) is 49.2 Å². The lowest BCUT2D eigenvalue weighted by Gasteiger charge is -2.16. The Hall–Kier alpha value is -2.82. The summed E-state index contributed by atoms with van der Waals surface area (Å²) in [6.45, 7) is 0.408. The van der Waals surface area contributed by atoms with Crippen molar-refractivity contribution >= 4 is 49.0 Å². The van der Waals surface area contributed by atoms with Gasteiger partial charge in [0, 0.05) is 28.9 Å². The predicted molar refractivity (Wildman–Crippen MR) is 115 cm³/mol. The maximum atomic E-state index is 13.8. The summed E-state index contributed by atoms with van der Waals surface area (Å²) < 4.78 is 46.1. The zero-order valence-electron chi connectivity index (χ0n) is 16.3. The fraction of sp³-hybridized carbons (Fsp3) is 0.238. The number of anilines is 1. The van der Waals surface area contributed by atoms with Gasteiger partial charge in [0.15, 0.2) is 6.61 Å². The summed E-state index contributed by atoms with van der Waals surface area (Å²) in [5.74, 6) is -1.79. The van der Waals surface area contributed by atoms with E-state index >= 15 is 0 Å². The summed E-state index contributed by atoms with van der Waals surface area (Å²) in [6, 6.07) is 11.9. The van der Waals surface area contributed by atoms with Gasteiger partial charge in [-0.2, -0.15) is 4.31 Å². The number of ether oxygens (including phenoxy) is 1. The van der Waals surface area contributed by atoms with Crippen molar-refractivity contribution in [3.05, 3.63) is 59.2 Å². The molecule has 1 fully saturated rings. The monoisotopic (exact) mass is 462 g/mol. The Kier molecular flexibility index (Phi) is 6.03. The summed E-state index contributed by atoms with van der Waals surface area (Å²) in [6.07, 6.45) is 1.65. The molecule has 1 amide bonds. The molecule has 31 heavy (non-hydrogen) atoms. The van der Waals surface area contributed by atoms with Gasteiger partial charge >= 0.3 is 5.97 Å². The predicted octanol–water partition coefficient (Wildman–Crippen LogP) is 3.62. The van der Waals surface area contributed by atoms with E-state index < -0.39 is 34.3 Å². The molecule has 0 radical (unpaired) electrons. The molecule has 2 heterocycles. The van der Waals surface area contributed by atoms with E-state index in [1.807, 2.05) is 0 Å². The van der Waals surface area contributed by atoms with Crippen molar-refractivity contribution in [3.63, 3.8) is 0 Å². The van der Waals surface area contributed by atoms with E-state index in [-0.39, 0.29) is 15.5 Å². The van der Waals surface area contributed by atoms with Crippen LogP contribution in [0.2, 0.25) is 0 Å². The van der Waals surface area contributed by atoms with Crippen LogP contribution >= 0.6 is 11.3 Å². The minimum absolute atomic E-state index is 0.0940. The summed E-state index contributed by atoms with van der Waals surface area (Å²) >= 11 is 1.07. The Morgan fingerprint density at radius 1 is 1.10 bits per heavy atom. The van der Waals surface area contributed by atoms with Crippen LogP contribution in [0.25, 0.3) is 10.1 Å². The second-order valence-electron chi connectivity index (χ2n) is 7.03. The van der Waals surface area contributed by atoms with E-state index in [4.69, 9.17) is 4.74 Å². The standard InChI is InChI=1S/C21H19FN2O5S2/c22-17-7-4-8-18-16(17)12-19(30-18)21(26)29-13-20(25)23-14-5-3-6-15(11-14)31(27,28)24-9-1-2-10-24/h3-8,11-12H,1-2,9-10,13H2,(H,23,25). The Morgan fingerprint density at radius 3 is 2.58 bits per heavy atom. The maximum Gasteiger partial charge on any atom is 0.348 e. The highest BCUT2D eigenvalue weighted by Gasteiger charge is 2.27. The van der Waals surface area contributed by atoms with Gasteiger partial charge in [-0.3, -0.25) is 4.79 Å². The first-order chi connectivity index (χ1) is 14.8. The topological polar surface area (TPSA) is 92.8 Å². The molecule has 0 atom stereocenters. The van der Waals surface area contributed by atoms with Gasteiger partial charge in [0.05, 0.1) is 4.90 Å². The number of hydrogen-bond acceptors (Lipinski definition) is 6. The van der Waals surface area contributed by atoms with Crippen molar-refractivity contribution in [3.8, 4) is 0 Å². The van der Waals surface area contributed by atoms with Crippen LogP contribution in [-0.4, -0.2) is 44.3 Å². The van der Waals surface area contributed by atoms with E-state index in [2.05, 4.69) is 5.32 Å². The number of carbonyl (C=O) groups excluding carboxylic acids is 2. The van der Waals surface area contributed by atoms with Crippen LogP contribution in [-0.2, 0) is 19.6 Å². The number of nitrogens with one attached hydrogen (secondary N) is 1. The SMILES string of the molecule is O=C(COC(=O)c1cc2c(F)cccc2s1)Nc1cccc(S(=O)(=O)N2CCCC2)c1. The van der Waals surface area contributed by atoms with Crippen molar-refractivity contribution in [1.29, 1.82) is 0 Å². The van der Waals surface area contributed by atoms with Gasteiger partial charge < -0.3 is 10.1 Å². The fourth-order valence-corrected chi connectivity index (χ4v) is 5.87. The van der Waals surface area contributed by atoms with E-state index in [0.717, 1.165) is 24.2 Å². The van der Waals surface area contributed by atoms with Crippen molar-refractivity contribution in [2.45, 2.75) is 17.7 Å². The molecule has 1 aromatic heterocycles. The van der Waals surface area contributed by atoms with Gasteiger partial charge in [0.25, 0.3) is 5.91 Å². The first-order valence-corrected chi connectivity index (χ1v) is 11.9. The zero-order valence-corrected chi connectivity index (χ0v) is 18.0. The third-order valence-electron chi connectivity index (χ3n) is 4.86. The van der Waals surface area contributed by atoms with Crippen molar-refractivity contribution in [2.75, 3.05) is 25.0 Å². The molecule has 0 bridgehead atoms. The zero-order chi connectivity index (χ0) is 22.0. The Bertz CT molecular complexity index is 1250. The third-order valence-corrected chi connectivity index (χ3v) is 7.84.